The molecular formula is C63H82N10O8S. The minimum atomic E-state index is -0.990. The quantitative estimate of drug-likeness (QED) is 0.0606. The van der Waals surface area contributed by atoms with Crippen molar-refractivity contribution >= 4 is 64.7 Å². The Kier molecular flexibility index (Phi) is 19.3. The third-order valence-corrected chi connectivity index (χ3v) is 18.3. The van der Waals surface area contributed by atoms with Crippen LogP contribution in [0.15, 0.2) is 91.0 Å². The van der Waals surface area contributed by atoms with Gasteiger partial charge in [-0.1, -0.05) is 75.4 Å². The van der Waals surface area contributed by atoms with Gasteiger partial charge in [0.05, 0.1) is 24.2 Å². The average molecular weight is 1140 g/mol. The highest BCUT2D eigenvalue weighted by Gasteiger charge is 2.47. The fourth-order valence-electron chi connectivity index (χ4n) is 11.6. The van der Waals surface area contributed by atoms with Gasteiger partial charge in [-0.2, -0.15) is 11.8 Å². The number of likely N-dealkylation sites (N-methyl/N-ethyl adjacent to an activating group) is 2. The van der Waals surface area contributed by atoms with Gasteiger partial charge in [-0.05, 0) is 168 Å². The van der Waals surface area contributed by atoms with Gasteiger partial charge in [0.2, 0.25) is 35.4 Å². The van der Waals surface area contributed by atoms with Gasteiger partial charge in [-0.25, -0.2) is 0 Å². The molecule has 0 saturated carbocycles. The number of rotatable bonds is 18. The summed E-state index contributed by atoms with van der Waals surface area (Å²) in [5.74, 6) is -3.07. The van der Waals surface area contributed by atoms with Crippen molar-refractivity contribution in [2.45, 2.75) is 166 Å². The molecular weight excluding hydrogens is 1060 g/mol. The molecule has 8 rings (SSSR count). The molecule has 1 saturated heterocycles. The van der Waals surface area contributed by atoms with E-state index < -0.39 is 76.1 Å². The van der Waals surface area contributed by atoms with Crippen LogP contribution in [0.1, 0.15) is 147 Å². The second-order valence-corrected chi connectivity index (χ2v) is 25.5. The lowest BCUT2D eigenvalue weighted by atomic mass is 9.85. The molecule has 0 aromatic heterocycles. The van der Waals surface area contributed by atoms with Crippen molar-refractivity contribution < 1.29 is 38.4 Å². The zero-order valence-electron chi connectivity index (χ0n) is 49.0. The van der Waals surface area contributed by atoms with Crippen LogP contribution >= 0.6 is 11.8 Å². The van der Waals surface area contributed by atoms with E-state index in [1.54, 1.807) is 57.1 Å². The molecule has 0 spiro atoms. The Bertz CT molecular complexity index is 3050. The molecule has 2 aliphatic carbocycles. The molecule has 0 radical (unpaired) electrons. The number of anilines is 1. The molecule has 4 aromatic rings. The smallest absolute Gasteiger partial charge is 0.255 e. The minimum absolute atomic E-state index is 0.0212. The fraction of sp³-hybridized carbons (Fsp3) is 0.492. The van der Waals surface area contributed by atoms with E-state index in [0.29, 0.717) is 5.69 Å². The van der Waals surface area contributed by atoms with E-state index in [1.165, 1.54) is 39.9 Å². The number of nitrogens with zero attached hydrogens (tertiary/aromatic N) is 2. The zero-order valence-corrected chi connectivity index (χ0v) is 49.8. The van der Waals surface area contributed by atoms with Crippen LogP contribution in [-0.2, 0) is 54.6 Å². The number of likely N-dealkylation sites (tertiary alicyclic amines) is 1. The molecule has 4 aromatic carbocycles. The van der Waals surface area contributed by atoms with Crippen LogP contribution in [0.4, 0.5) is 5.69 Å². The zero-order chi connectivity index (χ0) is 59.2. The normalized spacial score (nSPS) is 21.0. The van der Waals surface area contributed by atoms with Gasteiger partial charge in [-0.3, -0.25) is 38.4 Å². The van der Waals surface area contributed by atoms with Crippen molar-refractivity contribution in [1.29, 1.82) is 0 Å². The number of hydrogen-bond donors (Lipinski definition) is 8. The number of aryl methyl sites for hydroxylation is 2. The van der Waals surface area contributed by atoms with E-state index in [2.05, 4.69) is 54.7 Å². The fourth-order valence-corrected chi connectivity index (χ4v) is 12.0. The highest BCUT2D eigenvalue weighted by Crippen LogP contribution is 2.36. The molecule has 8 amide bonds. The standard InChI is InChI=1S/C63H82N10O8S/c1-36(64-8)54(74)70-52(62(3,4)5)60(80)73-35-45(33-51(73)59(79)69-49-24-16-20-39-18-12-14-22-47(39)49)67-57(77)41-27-25-40(26-28-41)56(76)66-44-30-29-42-32-50(58(78)68-48-23-15-19-38-17-11-13-21-46(38)48)72(34-43(42)31-44)61(81)53(63(6,7)82-10)71-55(75)37(2)65-9/h11-14,17-18,21-22,25-31,36-37,45,48-53,64-65H,15-16,19-20,23-24,32-35H2,1-10H3,(H,66,76)(H,67,77)(H,68,78)(H,69,79)(H,70,74)(H,71,75)/t36-,37-,45?,48+,49?,50?,51-,52+,53+/m0/s1. The van der Waals surface area contributed by atoms with Crippen LogP contribution in [0.5, 0.6) is 0 Å². The first-order chi connectivity index (χ1) is 39.0. The van der Waals surface area contributed by atoms with Crippen LogP contribution in [0, 0.1) is 5.41 Å². The van der Waals surface area contributed by atoms with E-state index in [1.807, 2.05) is 83.3 Å². The van der Waals surface area contributed by atoms with E-state index in [-0.39, 0.29) is 72.8 Å². The second-order valence-electron chi connectivity index (χ2n) is 24.0. The Morgan fingerprint density at radius 3 is 1.63 bits per heavy atom. The molecule has 2 heterocycles. The SMILES string of the molecule is CN[C@@H](C)C(=O)N[C@H](C(=O)N1CC(NC(=O)c2ccc(C(=O)Nc3ccc4c(c3)CN(C(=O)[C@@H](NC(=O)[C@H](C)NC)C(C)(C)SC)C(C(=O)N[C@@H]3CCCc5ccccc53)C4)cc2)C[C@H]1C(=O)NC1CCCc2ccccc21)C(C)(C)C. The lowest BCUT2D eigenvalue weighted by Crippen LogP contribution is -2.63. The first-order valence-corrected chi connectivity index (χ1v) is 30.0. The third-order valence-electron chi connectivity index (χ3n) is 17.0. The van der Waals surface area contributed by atoms with Gasteiger partial charge in [0.1, 0.15) is 24.2 Å². The Morgan fingerprint density at radius 1 is 0.585 bits per heavy atom. The molecule has 438 valence electrons. The number of thioether (sulfide) groups is 1. The average Bonchev–Trinajstić information content (AvgIpc) is 3.92. The number of carbonyl (C=O) groups is 8. The number of fused-ring (bicyclic) bond motifs is 3. The molecule has 0 bridgehead atoms. The van der Waals surface area contributed by atoms with Crippen LogP contribution in [0.2, 0.25) is 0 Å². The van der Waals surface area contributed by atoms with Crippen molar-refractivity contribution in [3.63, 3.8) is 0 Å². The first kappa shape index (κ1) is 61.0. The molecule has 18 nitrogen and oxygen atoms in total. The van der Waals surface area contributed by atoms with Crippen molar-refractivity contribution in [3.8, 4) is 0 Å². The number of hydrogen-bond acceptors (Lipinski definition) is 11. The number of amides is 8. The summed E-state index contributed by atoms with van der Waals surface area (Å²) in [4.78, 5) is 116. The molecule has 4 aliphatic rings. The largest absolute Gasteiger partial charge is 0.347 e. The number of benzene rings is 4. The number of carbonyl (C=O) groups excluding carboxylic acids is 8. The van der Waals surface area contributed by atoms with Gasteiger partial charge < -0.3 is 52.3 Å². The van der Waals surface area contributed by atoms with Crippen molar-refractivity contribution in [2.75, 3.05) is 32.2 Å². The molecule has 1 fully saturated rings. The van der Waals surface area contributed by atoms with Gasteiger partial charge >= 0.3 is 0 Å². The minimum Gasteiger partial charge on any atom is -0.347 e. The lowest BCUT2D eigenvalue weighted by molar-refractivity contribution is -0.145. The summed E-state index contributed by atoms with van der Waals surface area (Å²) in [7, 11) is 3.33. The highest BCUT2D eigenvalue weighted by atomic mass is 32.2. The predicted octanol–water partition coefficient (Wildman–Crippen LogP) is 5.65. The van der Waals surface area contributed by atoms with Crippen molar-refractivity contribution in [1.82, 2.24) is 47.0 Å². The van der Waals surface area contributed by atoms with Crippen LogP contribution < -0.4 is 42.5 Å². The lowest BCUT2D eigenvalue weighted by Gasteiger charge is -2.42. The molecule has 82 heavy (non-hydrogen) atoms. The highest BCUT2D eigenvalue weighted by molar-refractivity contribution is 8.00. The monoisotopic (exact) mass is 1140 g/mol. The molecule has 2 aliphatic heterocycles. The Morgan fingerprint density at radius 2 is 1.10 bits per heavy atom. The summed E-state index contributed by atoms with van der Waals surface area (Å²) in [5.41, 5.74) is 6.29. The van der Waals surface area contributed by atoms with Crippen LogP contribution in [-0.4, -0.2) is 131 Å². The first-order valence-electron chi connectivity index (χ1n) is 28.7. The maximum Gasteiger partial charge on any atom is 0.255 e. The van der Waals surface area contributed by atoms with E-state index in [9.17, 15) is 33.6 Å². The third kappa shape index (κ3) is 13.9. The van der Waals surface area contributed by atoms with Crippen LogP contribution in [0.3, 0.4) is 0 Å². The Balaban J connectivity index is 0.978. The maximum atomic E-state index is 15.0. The van der Waals surface area contributed by atoms with E-state index in [4.69, 9.17) is 0 Å². The molecule has 3 unspecified atom stereocenters. The van der Waals surface area contributed by atoms with E-state index in [0.717, 1.165) is 60.8 Å². The van der Waals surface area contributed by atoms with Crippen molar-refractivity contribution in [3.05, 3.63) is 136 Å². The summed E-state index contributed by atoms with van der Waals surface area (Å²) in [6, 6.07) is 21.7. The predicted molar refractivity (Wildman–Crippen MR) is 319 cm³/mol. The molecule has 19 heteroatoms. The van der Waals surface area contributed by atoms with Gasteiger partial charge in [-0.15, -0.1) is 0 Å². The topological polar surface area (TPSA) is 239 Å². The Hall–Kier alpha value is -7.09. The van der Waals surface area contributed by atoms with Gasteiger partial charge in [0, 0.05) is 47.1 Å². The molecule has 9 atom stereocenters. The van der Waals surface area contributed by atoms with Crippen LogP contribution in [0.25, 0.3) is 0 Å². The van der Waals surface area contributed by atoms with Gasteiger partial charge in [0.15, 0.2) is 0 Å². The maximum absolute atomic E-state index is 15.0. The van der Waals surface area contributed by atoms with Gasteiger partial charge in [0.25, 0.3) is 11.8 Å². The summed E-state index contributed by atoms with van der Waals surface area (Å²) in [6.45, 7) is 12.8. The summed E-state index contributed by atoms with van der Waals surface area (Å²) in [5, 5.41) is 24.3. The summed E-state index contributed by atoms with van der Waals surface area (Å²) >= 11 is 1.44. The second kappa shape index (κ2) is 26.0. The molecule has 8 N–H and O–H groups in total. The Labute approximate surface area is 486 Å². The summed E-state index contributed by atoms with van der Waals surface area (Å²) < 4.78 is -0.764. The number of nitrogens with one attached hydrogen (secondary N) is 8. The van der Waals surface area contributed by atoms with E-state index >= 15 is 4.79 Å². The van der Waals surface area contributed by atoms with Crippen molar-refractivity contribution in [2.24, 2.45) is 5.41 Å². The summed E-state index contributed by atoms with van der Waals surface area (Å²) in [6.07, 6.45) is 7.37.